The number of carbonyl (C=O) groups is 1. The Morgan fingerprint density at radius 3 is 2.19 bits per heavy atom. The summed E-state index contributed by atoms with van der Waals surface area (Å²) in [4.78, 5) is 15.4. The van der Waals surface area contributed by atoms with Gasteiger partial charge in [-0.2, -0.15) is 5.10 Å². The second-order valence-corrected chi connectivity index (χ2v) is 7.87. The van der Waals surface area contributed by atoms with Gasteiger partial charge < -0.3 is 4.90 Å². The van der Waals surface area contributed by atoms with Crippen LogP contribution in [0.25, 0.3) is 11.3 Å². The van der Waals surface area contributed by atoms with E-state index in [0.717, 1.165) is 17.5 Å². The zero-order valence-corrected chi connectivity index (χ0v) is 18.2. The molecule has 0 unspecified atom stereocenters. The van der Waals surface area contributed by atoms with Gasteiger partial charge in [0.2, 0.25) is 0 Å². The Bertz CT molecular complexity index is 1160. The van der Waals surface area contributed by atoms with E-state index in [4.69, 9.17) is 11.6 Å². The third kappa shape index (κ3) is 5.04. The first kappa shape index (κ1) is 20.9. The Labute approximate surface area is 187 Å². The van der Waals surface area contributed by atoms with E-state index in [1.807, 2.05) is 83.8 Å². The molecule has 0 saturated carbocycles. The van der Waals surface area contributed by atoms with Crippen LogP contribution in [0.5, 0.6) is 0 Å². The molecule has 0 bridgehead atoms. The van der Waals surface area contributed by atoms with Crippen molar-refractivity contribution in [3.8, 4) is 11.3 Å². The molecule has 0 spiro atoms. The first-order chi connectivity index (χ1) is 15.1. The Morgan fingerprint density at radius 2 is 1.52 bits per heavy atom. The van der Waals surface area contributed by atoms with E-state index in [-0.39, 0.29) is 5.91 Å². The fraction of sp³-hybridized carbons (Fsp3) is 0.154. The summed E-state index contributed by atoms with van der Waals surface area (Å²) in [6.07, 6.45) is 0.786. The molecular weight excluding hydrogens is 406 g/mol. The summed E-state index contributed by atoms with van der Waals surface area (Å²) in [5.41, 5.74) is 4.35. The van der Waals surface area contributed by atoms with Gasteiger partial charge in [0.25, 0.3) is 5.91 Å². The van der Waals surface area contributed by atoms with Gasteiger partial charge >= 0.3 is 0 Å². The summed E-state index contributed by atoms with van der Waals surface area (Å²) in [7, 11) is 1.80. The molecular formula is C26H24ClN3O. The van der Waals surface area contributed by atoms with Crippen molar-refractivity contribution in [3.05, 3.63) is 113 Å². The molecule has 0 saturated heterocycles. The smallest absolute Gasteiger partial charge is 0.272 e. The third-order valence-electron chi connectivity index (χ3n) is 5.27. The molecule has 0 fully saturated rings. The lowest BCUT2D eigenvalue weighted by molar-refractivity contribution is 0.0734. The van der Waals surface area contributed by atoms with Crippen molar-refractivity contribution in [2.24, 2.45) is 7.05 Å². The first-order valence-electron chi connectivity index (χ1n) is 10.3. The summed E-state index contributed by atoms with van der Waals surface area (Å²) in [6, 6.07) is 29.6. The van der Waals surface area contributed by atoms with Crippen molar-refractivity contribution in [3.63, 3.8) is 0 Å². The van der Waals surface area contributed by atoms with Crippen LogP contribution >= 0.6 is 11.6 Å². The maximum Gasteiger partial charge on any atom is 0.272 e. The van der Waals surface area contributed by atoms with E-state index >= 15 is 0 Å². The zero-order chi connectivity index (χ0) is 21.6. The van der Waals surface area contributed by atoms with Gasteiger partial charge in [-0.25, -0.2) is 0 Å². The van der Waals surface area contributed by atoms with E-state index in [1.54, 1.807) is 11.7 Å². The van der Waals surface area contributed by atoms with Crippen LogP contribution in [-0.4, -0.2) is 27.1 Å². The molecule has 4 aromatic rings. The van der Waals surface area contributed by atoms with Gasteiger partial charge in [-0.15, -0.1) is 0 Å². The molecule has 156 valence electrons. The largest absolute Gasteiger partial charge is 0.333 e. The van der Waals surface area contributed by atoms with E-state index in [9.17, 15) is 4.79 Å². The first-order valence-corrected chi connectivity index (χ1v) is 10.7. The Hall–Kier alpha value is -3.37. The van der Waals surface area contributed by atoms with Gasteiger partial charge in [-0.1, -0.05) is 90.5 Å². The number of rotatable bonds is 7. The predicted octanol–water partition coefficient (Wildman–Crippen LogP) is 5.63. The molecule has 31 heavy (non-hydrogen) atoms. The normalized spacial score (nSPS) is 10.8. The van der Waals surface area contributed by atoms with E-state index in [2.05, 4.69) is 17.2 Å². The molecule has 4 rings (SSSR count). The lowest BCUT2D eigenvalue weighted by Gasteiger charge is -2.23. The minimum atomic E-state index is -0.0481. The monoisotopic (exact) mass is 429 g/mol. The maximum absolute atomic E-state index is 13.6. The standard InChI is InChI=1S/C26H24ClN3O/c1-29-25(18-24(28-29)22-14-8-9-15-23(22)27)26(31)30(19-21-12-6-3-7-13-21)17-16-20-10-4-2-5-11-20/h2-15,18H,16-17,19H2,1H3. The predicted molar refractivity (Wildman–Crippen MR) is 125 cm³/mol. The van der Waals surface area contributed by atoms with Crippen molar-refractivity contribution in [2.75, 3.05) is 6.54 Å². The van der Waals surface area contributed by atoms with Crippen LogP contribution in [0.1, 0.15) is 21.6 Å². The number of benzene rings is 3. The van der Waals surface area contributed by atoms with Crippen LogP contribution in [0, 0.1) is 0 Å². The van der Waals surface area contributed by atoms with Crippen LogP contribution in [0.15, 0.2) is 91.0 Å². The average molecular weight is 430 g/mol. The van der Waals surface area contributed by atoms with E-state index in [0.29, 0.717) is 29.5 Å². The van der Waals surface area contributed by atoms with Crippen molar-refractivity contribution in [1.29, 1.82) is 0 Å². The third-order valence-corrected chi connectivity index (χ3v) is 5.60. The Morgan fingerprint density at radius 1 is 0.903 bits per heavy atom. The molecule has 1 amide bonds. The molecule has 1 aromatic heterocycles. The lowest BCUT2D eigenvalue weighted by atomic mass is 10.1. The van der Waals surface area contributed by atoms with E-state index < -0.39 is 0 Å². The highest BCUT2D eigenvalue weighted by Crippen LogP contribution is 2.27. The van der Waals surface area contributed by atoms with Crippen LogP contribution < -0.4 is 0 Å². The SMILES string of the molecule is Cn1nc(-c2ccccc2Cl)cc1C(=O)N(CCc1ccccc1)Cc1ccccc1. The summed E-state index contributed by atoms with van der Waals surface area (Å²) >= 11 is 6.34. The van der Waals surface area contributed by atoms with Crippen molar-refractivity contribution < 1.29 is 4.79 Å². The lowest BCUT2D eigenvalue weighted by Crippen LogP contribution is -2.33. The number of aromatic nitrogens is 2. The second-order valence-electron chi connectivity index (χ2n) is 7.47. The van der Waals surface area contributed by atoms with Gasteiger partial charge in [-0.05, 0) is 29.7 Å². The molecule has 4 nitrogen and oxygen atoms in total. The van der Waals surface area contributed by atoms with Crippen molar-refractivity contribution >= 4 is 17.5 Å². The van der Waals surface area contributed by atoms with Crippen LogP contribution in [0.2, 0.25) is 5.02 Å². The average Bonchev–Trinajstić information content (AvgIpc) is 3.19. The second kappa shape index (κ2) is 9.63. The number of carbonyl (C=O) groups excluding carboxylic acids is 1. The molecule has 0 radical (unpaired) electrons. The molecule has 0 atom stereocenters. The van der Waals surface area contributed by atoms with Crippen LogP contribution in [0.4, 0.5) is 0 Å². The number of aryl methyl sites for hydroxylation is 1. The van der Waals surface area contributed by atoms with Gasteiger partial charge in [0.1, 0.15) is 5.69 Å². The number of hydrogen-bond acceptors (Lipinski definition) is 2. The molecule has 0 aliphatic heterocycles. The Balaban J connectivity index is 1.61. The van der Waals surface area contributed by atoms with Gasteiger partial charge in [-0.3, -0.25) is 9.48 Å². The molecule has 0 N–H and O–H groups in total. The molecule has 0 aliphatic carbocycles. The van der Waals surface area contributed by atoms with Gasteiger partial charge in [0.15, 0.2) is 0 Å². The van der Waals surface area contributed by atoms with Gasteiger partial charge in [0.05, 0.1) is 10.7 Å². The summed E-state index contributed by atoms with van der Waals surface area (Å²) in [5.74, 6) is -0.0481. The zero-order valence-electron chi connectivity index (χ0n) is 17.4. The highest BCUT2D eigenvalue weighted by molar-refractivity contribution is 6.33. The number of amides is 1. The minimum Gasteiger partial charge on any atom is -0.333 e. The number of halogens is 1. The summed E-state index contributed by atoms with van der Waals surface area (Å²) in [5, 5.41) is 5.17. The molecule has 5 heteroatoms. The van der Waals surface area contributed by atoms with Crippen molar-refractivity contribution in [1.82, 2.24) is 14.7 Å². The van der Waals surface area contributed by atoms with Crippen molar-refractivity contribution in [2.45, 2.75) is 13.0 Å². The fourth-order valence-corrected chi connectivity index (χ4v) is 3.83. The summed E-state index contributed by atoms with van der Waals surface area (Å²) < 4.78 is 1.64. The maximum atomic E-state index is 13.6. The van der Waals surface area contributed by atoms with Crippen LogP contribution in [0.3, 0.4) is 0 Å². The molecule has 0 aliphatic rings. The highest BCUT2D eigenvalue weighted by atomic mass is 35.5. The topological polar surface area (TPSA) is 38.1 Å². The highest BCUT2D eigenvalue weighted by Gasteiger charge is 2.21. The molecule has 3 aromatic carbocycles. The van der Waals surface area contributed by atoms with E-state index in [1.165, 1.54) is 5.56 Å². The number of nitrogens with zero attached hydrogens (tertiary/aromatic N) is 3. The quantitative estimate of drug-likeness (QED) is 0.382. The van der Waals surface area contributed by atoms with Crippen LogP contribution in [-0.2, 0) is 20.0 Å². The molecule has 1 heterocycles. The minimum absolute atomic E-state index is 0.0481. The Kier molecular flexibility index (Phi) is 6.48. The van der Waals surface area contributed by atoms with Gasteiger partial charge in [0, 0.05) is 25.7 Å². The number of hydrogen-bond donors (Lipinski definition) is 0. The summed E-state index contributed by atoms with van der Waals surface area (Å²) in [6.45, 7) is 1.16. The fourth-order valence-electron chi connectivity index (χ4n) is 3.59.